The second kappa shape index (κ2) is 7.79. The number of rotatable bonds is 6. The summed E-state index contributed by atoms with van der Waals surface area (Å²) in [6.45, 7) is 1.04. The fourth-order valence-electron chi connectivity index (χ4n) is 2.98. The number of carbonyl (C=O) groups excluding carboxylic acids is 1. The summed E-state index contributed by atoms with van der Waals surface area (Å²) in [5.41, 5.74) is 3.25. The second-order valence-electron chi connectivity index (χ2n) is 6.36. The molecule has 0 atom stereocenters. The fourth-order valence-corrected chi connectivity index (χ4v) is 2.98. The van der Waals surface area contributed by atoms with Gasteiger partial charge in [-0.2, -0.15) is 13.9 Å². The predicted octanol–water partition coefficient (Wildman–Crippen LogP) is 3.23. The van der Waals surface area contributed by atoms with Crippen LogP contribution in [0.15, 0.2) is 30.5 Å². The lowest BCUT2D eigenvalue weighted by Crippen LogP contribution is -2.26. The number of nitrogens with zero attached hydrogens (tertiary/aromatic N) is 4. The maximum atomic E-state index is 12.9. The summed E-state index contributed by atoms with van der Waals surface area (Å²) in [6.07, 6.45) is 1.49. The van der Waals surface area contributed by atoms with E-state index in [0.717, 1.165) is 11.4 Å². The predicted molar refractivity (Wildman–Crippen MR) is 97.9 cm³/mol. The molecule has 2 heterocycles. The lowest BCUT2D eigenvalue weighted by atomic mass is 10.1. The van der Waals surface area contributed by atoms with E-state index >= 15 is 0 Å². The van der Waals surface area contributed by atoms with Crippen molar-refractivity contribution in [1.29, 1.82) is 0 Å². The summed E-state index contributed by atoms with van der Waals surface area (Å²) >= 11 is 0. The number of hydrogen-bond acceptors (Lipinski definition) is 5. The Hall–Kier alpha value is -3.23. The van der Waals surface area contributed by atoms with Gasteiger partial charge in [0.15, 0.2) is 17.1 Å². The molecule has 1 aromatic carbocycles. The number of methoxy groups -OCH3 is 1. The summed E-state index contributed by atoms with van der Waals surface area (Å²) in [5, 5.41) is 4.24. The first kappa shape index (κ1) is 19.5. The van der Waals surface area contributed by atoms with Gasteiger partial charge >= 0.3 is 6.61 Å². The zero-order valence-corrected chi connectivity index (χ0v) is 15.9. The molecule has 0 aliphatic rings. The normalized spacial score (nSPS) is 11.1. The Balaban J connectivity index is 1.83. The van der Waals surface area contributed by atoms with E-state index in [1.165, 1.54) is 24.3 Å². The van der Waals surface area contributed by atoms with Gasteiger partial charge in [0.05, 0.1) is 13.3 Å². The molecule has 0 fully saturated rings. The molecule has 0 saturated carbocycles. The van der Waals surface area contributed by atoms with Crippen LogP contribution in [0.4, 0.5) is 8.78 Å². The van der Waals surface area contributed by atoms with E-state index in [1.54, 1.807) is 23.7 Å². The van der Waals surface area contributed by atoms with Crippen LogP contribution >= 0.6 is 0 Å². The van der Waals surface area contributed by atoms with Gasteiger partial charge in [0.2, 0.25) is 0 Å². The topological polar surface area (TPSA) is 69.0 Å². The number of amides is 1. The van der Waals surface area contributed by atoms with Gasteiger partial charge < -0.3 is 14.4 Å². The maximum absolute atomic E-state index is 12.9. The number of hydrogen-bond donors (Lipinski definition) is 0. The van der Waals surface area contributed by atoms with Crippen LogP contribution in [0.2, 0.25) is 0 Å². The zero-order chi connectivity index (χ0) is 20.4. The average molecular weight is 390 g/mol. The van der Waals surface area contributed by atoms with E-state index in [1.807, 2.05) is 19.9 Å². The molecule has 0 N–H and O–H groups in total. The molecule has 3 rings (SSSR count). The molecular weight excluding hydrogens is 370 g/mol. The zero-order valence-electron chi connectivity index (χ0n) is 15.9. The first-order valence-corrected chi connectivity index (χ1v) is 8.49. The van der Waals surface area contributed by atoms with Crippen LogP contribution in [-0.4, -0.2) is 46.2 Å². The molecule has 0 spiro atoms. The molecule has 0 radical (unpaired) electrons. The molecule has 148 valence electrons. The highest BCUT2D eigenvalue weighted by Crippen LogP contribution is 2.30. The van der Waals surface area contributed by atoms with Crippen molar-refractivity contribution in [2.45, 2.75) is 27.0 Å². The molecule has 1 amide bonds. The summed E-state index contributed by atoms with van der Waals surface area (Å²) in [7, 11) is 3.01. The Bertz CT molecular complexity index is 1020. The van der Waals surface area contributed by atoms with E-state index in [2.05, 4.69) is 14.8 Å². The van der Waals surface area contributed by atoms with Crippen molar-refractivity contribution in [3.05, 3.63) is 53.0 Å². The monoisotopic (exact) mass is 390 g/mol. The van der Waals surface area contributed by atoms with Crippen LogP contribution in [0.5, 0.6) is 11.5 Å². The number of carbonyl (C=O) groups is 1. The highest BCUT2D eigenvalue weighted by molar-refractivity contribution is 5.99. The third kappa shape index (κ3) is 3.88. The molecule has 2 aromatic heterocycles. The average Bonchev–Trinajstić information content (AvgIpc) is 3.05. The quantitative estimate of drug-likeness (QED) is 0.646. The van der Waals surface area contributed by atoms with Crippen LogP contribution in [0.1, 0.15) is 27.3 Å². The molecule has 0 aliphatic heterocycles. The Labute approximate surface area is 160 Å². The van der Waals surface area contributed by atoms with E-state index < -0.39 is 6.61 Å². The molecule has 3 aromatic rings. The van der Waals surface area contributed by atoms with Crippen molar-refractivity contribution in [3.8, 4) is 11.5 Å². The summed E-state index contributed by atoms with van der Waals surface area (Å²) in [6, 6.07) is 6.44. The first-order valence-electron chi connectivity index (χ1n) is 8.49. The maximum Gasteiger partial charge on any atom is 0.387 e. The van der Waals surface area contributed by atoms with E-state index in [4.69, 9.17) is 4.74 Å². The number of aromatic nitrogens is 3. The van der Waals surface area contributed by atoms with Crippen LogP contribution in [0.3, 0.4) is 0 Å². The van der Waals surface area contributed by atoms with Gasteiger partial charge in [0.25, 0.3) is 5.91 Å². The minimum Gasteiger partial charge on any atom is -0.493 e. The van der Waals surface area contributed by atoms with Crippen LogP contribution < -0.4 is 9.47 Å². The second-order valence-corrected chi connectivity index (χ2v) is 6.36. The molecule has 28 heavy (non-hydrogen) atoms. The first-order chi connectivity index (χ1) is 13.3. The number of halogens is 2. The van der Waals surface area contributed by atoms with Crippen molar-refractivity contribution in [1.82, 2.24) is 19.5 Å². The van der Waals surface area contributed by atoms with Gasteiger partial charge in [-0.3, -0.25) is 4.79 Å². The van der Waals surface area contributed by atoms with Crippen molar-refractivity contribution < 1.29 is 23.0 Å². The van der Waals surface area contributed by atoms with Gasteiger partial charge in [-0.1, -0.05) is 6.07 Å². The Morgan fingerprint density at radius 2 is 2.00 bits per heavy atom. The highest BCUT2D eigenvalue weighted by atomic mass is 19.3. The van der Waals surface area contributed by atoms with E-state index in [0.29, 0.717) is 16.8 Å². The van der Waals surface area contributed by atoms with Gasteiger partial charge in [-0.15, -0.1) is 0 Å². The molecule has 7 nitrogen and oxygen atoms in total. The minimum absolute atomic E-state index is 0.0620. The van der Waals surface area contributed by atoms with Crippen LogP contribution in [0.25, 0.3) is 5.65 Å². The van der Waals surface area contributed by atoms with E-state index in [9.17, 15) is 13.6 Å². The Kier molecular flexibility index (Phi) is 5.43. The fraction of sp³-hybridized carbons (Fsp3) is 0.316. The number of aryl methyl sites for hydroxylation is 2. The molecular formula is C19H20F2N4O3. The third-order valence-corrected chi connectivity index (χ3v) is 4.22. The molecule has 0 bridgehead atoms. The van der Waals surface area contributed by atoms with Gasteiger partial charge in [-0.05, 0) is 37.6 Å². The largest absolute Gasteiger partial charge is 0.493 e. The molecule has 0 aliphatic carbocycles. The highest BCUT2D eigenvalue weighted by Gasteiger charge is 2.20. The summed E-state index contributed by atoms with van der Waals surface area (Å²) in [5.74, 6) is -0.144. The van der Waals surface area contributed by atoms with Crippen molar-refractivity contribution >= 4 is 11.6 Å². The van der Waals surface area contributed by atoms with Crippen LogP contribution in [0, 0.1) is 13.8 Å². The smallest absolute Gasteiger partial charge is 0.387 e. The standard InChI is InChI=1S/C19H20F2N4O3/c1-11-7-12(2)25-17(23-11)14(9-22-25)18(26)24(3)10-13-5-6-15(28-19(20)21)16(8-13)27-4/h5-9,19H,10H2,1-4H3. The van der Waals surface area contributed by atoms with Crippen LogP contribution in [-0.2, 0) is 6.54 Å². The van der Waals surface area contributed by atoms with E-state index in [-0.39, 0.29) is 24.0 Å². The number of benzene rings is 1. The Morgan fingerprint density at radius 3 is 2.68 bits per heavy atom. The molecule has 0 saturated heterocycles. The van der Waals surface area contributed by atoms with Gasteiger partial charge in [0, 0.05) is 25.0 Å². The lowest BCUT2D eigenvalue weighted by molar-refractivity contribution is -0.0512. The molecule has 0 unspecified atom stereocenters. The van der Waals surface area contributed by atoms with Gasteiger partial charge in [0.1, 0.15) is 5.56 Å². The number of fused-ring (bicyclic) bond motifs is 1. The minimum atomic E-state index is -2.95. The third-order valence-electron chi connectivity index (χ3n) is 4.22. The molecule has 9 heteroatoms. The van der Waals surface area contributed by atoms with Crippen molar-refractivity contribution in [2.75, 3.05) is 14.2 Å². The van der Waals surface area contributed by atoms with Crippen molar-refractivity contribution in [2.24, 2.45) is 0 Å². The Morgan fingerprint density at radius 1 is 1.25 bits per heavy atom. The lowest BCUT2D eigenvalue weighted by Gasteiger charge is -2.18. The van der Waals surface area contributed by atoms with Gasteiger partial charge in [-0.25, -0.2) is 9.50 Å². The summed E-state index contributed by atoms with van der Waals surface area (Å²) < 4.78 is 36.0. The number of alkyl halides is 2. The summed E-state index contributed by atoms with van der Waals surface area (Å²) in [4.78, 5) is 18.8. The SMILES string of the molecule is COc1cc(CN(C)C(=O)c2cnn3c(C)cc(C)nc23)ccc1OC(F)F. The number of ether oxygens (including phenoxy) is 2. The van der Waals surface area contributed by atoms with Crippen molar-refractivity contribution in [3.63, 3.8) is 0 Å².